The number of thiophene rings is 1. The number of rotatable bonds is 4. The van der Waals surface area contributed by atoms with Crippen molar-refractivity contribution in [2.75, 3.05) is 0 Å². The van der Waals surface area contributed by atoms with Crippen molar-refractivity contribution in [3.8, 4) is 0 Å². The molecule has 0 bridgehead atoms. The molecule has 3 rings (SSSR count). The Morgan fingerprint density at radius 2 is 2.14 bits per heavy atom. The largest absolute Gasteiger partial charge is 0.391 e. The normalized spacial score (nSPS) is 19.4. The third-order valence-electron chi connectivity index (χ3n) is 4.53. The van der Waals surface area contributed by atoms with Crippen LogP contribution < -0.4 is 5.56 Å². The van der Waals surface area contributed by atoms with Crippen LogP contribution >= 0.6 is 11.3 Å². The van der Waals surface area contributed by atoms with Crippen molar-refractivity contribution in [1.82, 2.24) is 9.55 Å². The summed E-state index contributed by atoms with van der Waals surface area (Å²) in [6, 6.07) is 0. The third kappa shape index (κ3) is 3.09. The van der Waals surface area contributed by atoms with Crippen LogP contribution in [-0.4, -0.2) is 31.5 Å². The highest BCUT2D eigenvalue weighted by Gasteiger charge is 2.31. The lowest BCUT2D eigenvalue weighted by atomic mass is 9.81. The maximum Gasteiger partial charge on any atom is 0.271 e. The van der Waals surface area contributed by atoms with Gasteiger partial charge >= 0.3 is 0 Å². The highest BCUT2D eigenvalue weighted by Crippen LogP contribution is 2.32. The van der Waals surface area contributed by atoms with E-state index in [1.807, 2.05) is 12.3 Å². The maximum atomic E-state index is 12.4. The number of fused-ring (bicyclic) bond motifs is 1. The minimum Gasteiger partial charge on any atom is -0.391 e. The topological polar surface area (TPSA) is 75.4 Å². The van der Waals surface area contributed by atoms with Crippen LogP contribution in [0.4, 0.5) is 0 Å². The lowest BCUT2D eigenvalue weighted by Crippen LogP contribution is -2.38. The third-order valence-corrected chi connectivity index (χ3v) is 5.61. The van der Waals surface area contributed by atoms with Crippen LogP contribution in [0.3, 0.4) is 0 Å². The van der Waals surface area contributed by atoms with E-state index in [2.05, 4.69) is 4.98 Å². The Morgan fingerprint density at radius 1 is 1.41 bits per heavy atom. The van der Waals surface area contributed by atoms with Gasteiger partial charge in [-0.3, -0.25) is 9.36 Å². The first-order valence-corrected chi connectivity index (χ1v) is 8.70. The molecule has 1 saturated carbocycles. The zero-order valence-corrected chi connectivity index (χ0v) is 13.6. The molecule has 0 radical (unpaired) electrons. The number of aryl methyl sites for hydroxylation is 1. The van der Waals surface area contributed by atoms with Crippen molar-refractivity contribution in [2.24, 2.45) is 0 Å². The van der Waals surface area contributed by atoms with Crippen LogP contribution in [0.5, 0.6) is 0 Å². The molecule has 120 valence electrons. The molecule has 0 aliphatic heterocycles. The minimum atomic E-state index is -0.779. The second-order valence-corrected chi connectivity index (χ2v) is 7.32. The Balaban J connectivity index is 1.75. The van der Waals surface area contributed by atoms with Gasteiger partial charge in [0.25, 0.3) is 5.56 Å². The summed E-state index contributed by atoms with van der Waals surface area (Å²) in [4.78, 5) is 16.7. The molecular formula is C16H22N2O3S. The quantitative estimate of drug-likeness (QED) is 0.905. The van der Waals surface area contributed by atoms with Crippen LogP contribution in [-0.2, 0) is 6.54 Å². The summed E-state index contributed by atoms with van der Waals surface area (Å²) < 4.78 is 2.08. The summed E-state index contributed by atoms with van der Waals surface area (Å²) in [6.45, 7) is 2.12. The van der Waals surface area contributed by atoms with Gasteiger partial charge in [0.2, 0.25) is 0 Å². The molecule has 1 aliphatic rings. The van der Waals surface area contributed by atoms with Crippen LogP contribution in [0.15, 0.2) is 16.5 Å². The summed E-state index contributed by atoms with van der Waals surface area (Å²) >= 11 is 1.39. The minimum absolute atomic E-state index is 0.113. The standard InChI is InChI=1S/C16H22N2O3S/c1-11-9-22-14-13(11)17-10-18(15(14)20)8-12(19)7-16(21)5-3-2-4-6-16/h9-10,12,19,21H,2-8H2,1H3. The fraction of sp³-hybridized carbons (Fsp3) is 0.625. The molecule has 2 heterocycles. The number of nitrogens with zero attached hydrogens (tertiary/aromatic N) is 2. The molecule has 2 aromatic rings. The van der Waals surface area contributed by atoms with E-state index in [4.69, 9.17) is 0 Å². The van der Waals surface area contributed by atoms with E-state index in [1.165, 1.54) is 22.2 Å². The molecule has 0 amide bonds. The Kier molecular flexibility index (Phi) is 4.34. The zero-order valence-electron chi connectivity index (χ0n) is 12.8. The Hall–Kier alpha value is -1.24. The van der Waals surface area contributed by atoms with Crippen molar-refractivity contribution < 1.29 is 10.2 Å². The fourth-order valence-corrected chi connectivity index (χ4v) is 4.28. The van der Waals surface area contributed by atoms with Crippen LogP contribution in [0.2, 0.25) is 0 Å². The Bertz CT molecular complexity index is 716. The molecular weight excluding hydrogens is 300 g/mol. The van der Waals surface area contributed by atoms with Gasteiger partial charge in [-0.2, -0.15) is 0 Å². The first kappa shape index (κ1) is 15.6. The highest BCUT2D eigenvalue weighted by atomic mass is 32.1. The first-order chi connectivity index (χ1) is 10.5. The van der Waals surface area contributed by atoms with Gasteiger partial charge in [-0.15, -0.1) is 11.3 Å². The van der Waals surface area contributed by atoms with Crippen LogP contribution in [0.1, 0.15) is 44.1 Å². The van der Waals surface area contributed by atoms with Gasteiger partial charge in [-0.25, -0.2) is 4.98 Å². The van der Waals surface area contributed by atoms with Gasteiger partial charge < -0.3 is 10.2 Å². The summed E-state index contributed by atoms with van der Waals surface area (Å²) in [5.74, 6) is 0. The maximum absolute atomic E-state index is 12.4. The van der Waals surface area contributed by atoms with Crippen LogP contribution in [0, 0.1) is 6.92 Å². The number of aromatic nitrogens is 2. The smallest absolute Gasteiger partial charge is 0.271 e. The summed E-state index contributed by atoms with van der Waals surface area (Å²) in [6.07, 6.45) is 5.72. The molecule has 0 aromatic carbocycles. The molecule has 1 aliphatic carbocycles. The van der Waals surface area contributed by atoms with E-state index in [9.17, 15) is 15.0 Å². The molecule has 1 fully saturated rings. The van der Waals surface area contributed by atoms with Crippen molar-refractivity contribution in [2.45, 2.75) is 63.7 Å². The molecule has 6 heteroatoms. The van der Waals surface area contributed by atoms with Crippen molar-refractivity contribution in [3.05, 3.63) is 27.6 Å². The van der Waals surface area contributed by atoms with Gasteiger partial charge in [-0.1, -0.05) is 19.3 Å². The van der Waals surface area contributed by atoms with Gasteiger partial charge in [0.05, 0.1) is 30.1 Å². The zero-order chi connectivity index (χ0) is 15.7. The monoisotopic (exact) mass is 322 g/mol. The van der Waals surface area contributed by atoms with E-state index in [-0.39, 0.29) is 12.1 Å². The average molecular weight is 322 g/mol. The lowest BCUT2D eigenvalue weighted by Gasteiger charge is -2.33. The van der Waals surface area contributed by atoms with E-state index in [1.54, 1.807) is 0 Å². The molecule has 2 N–H and O–H groups in total. The second-order valence-electron chi connectivity index (χ2n) is 6.44. The predicted octanol–water partition coefficient (Wildman–Crippen LogP) is 2.21. The lowest BCUT2D eigenvalue weighted by molar-refractivity contribution is -0.0408. The van der Waals surface area contributed by atoms with Gasteiger partial charge in [0.1, 0.15) is 4.70 Å². The van der Waals surface area contributed by atoms with Crippen molar-refractivity contribution in [1.29, 1.82) is 0 Å². The summed E-state index contributed by atoms with van der Waals surface area (Å²) in [7, 11) is 0. The Morgan fingerprint density at radius 3 is 2.86 bits per heavy atom. The summed E-state index contributed by atoms with van der Waals surface area (Å²) in [5.41, 5.74) is 0.851. The number of aliphatic hydroxyl groups excluding tert-OH is 1. The molecule has 0 spiro atoms. The molecule has 22 heavy (non-hydrogen) atoms. The molecule has 1 atom stereocenters. The van der Waals surface area contributed by atoms with Crippen molar-refractivity contribution >= 4 is 21.6 Å². The van der Waals surface area contributed by atoms with Gasteiger partial charge in [0.15, 0.2) is 0 Å². The fourth-order valence-electron chi connectivity index (χ4n) is 3.33. The average Bonchev–Trinajstić information content (AvgIpc) is 2.84. The highest BCUT2D eigenvalue weighted by molar-refractivity contribution is 7.17. The van der Waals surface area contributed by atoms with Crippen LogP contribution in [0.25, 0.3) is 10.2 Å². The van der Waals surface area contributed by atoms with E-state index in [0.717, 1.165) is 43.2 Å². The number of aliphatic hydroxyl groups is 2. The second kappa shape index (κ2) is 6.10. The van der Waals surface area contributed by atoms with E-state index < -0.39 is 11.7 Å². The molecule has 5 nitrogen and oxygen atoms in total. The van der Waals surface area contributed by atoms with Gasteiger partial charge in [-0.05, 0) is 30.7 Å². The Labute approximate surface area is 133 Å². The van der Waals surface area contributed by atoms with E-state index in [0.29, 0.717) is 11.1 Å². The van der Waals surface area contributed by atoms with Crippen molar-refractivity contribution in [3.63, 3.8) is 0 Å². The van der Waals surface area contributed by atoms with E-state index >= 15 is 0 Å². The predicted molar refractivity (Wildman–Crippen MR) is 87.3 cm³/mol. The number of hydrogen-bond donors (Lipinski definition) is 2. The SMILES string of the molecule is Cc1csc2c(=O)n(CC(O)CC3(O)CCCCC3)cnc12. The van der Waals surface area contributed by atoms with Gasteiger partial charge in [0, 0.05) is 6.42 Å². The molecule has 1 unspecified atom stereocenters. The summed E-state index contributed by atoms with van der Waals surface area (Å²) in [5, 5.41) is 22.7. The molecule has 2 aromatic heterocycles. The molecule has 0 saturated heterocycles. The first-order valence-electron chi connectivity index (χ1n) is 7.82. The number of hydrogen-bond acceptors (Lipinski definition) is 5.